The van der Waals surface area contributed by atoms with Gasteiger partial charge < -0.3 is 9.47 Å². The number of unbranched alkanes of at least 4 members (excludes halogenated alkanes) is 6. The molecule has 0 aromatic heterocycles. The summed E-state index contributed by atoms with van der Waals surface area (Å²) in [5, 5.41) is 2.26. The number of esters is 1. The van der Waals surface area contributed by atoms with E-state index in [0.29, 0.717) is 6.42 Å². The summed E-state index contributed by atoms with van der Waals surface area (Å²) in [7, 11) is 0. The monoisotopic (exact) mass is 408 g/mol. The van der Waals surface area contributed by atoms with Crippen molar-refractivity contribution in [2.24, 2.45) is 0 Å². The van der Waals surface area contributed by atoms with Crippen LogP contribution < -0.4 is 0 Å². The fourth-order valence-electron chi connectivity index (χ4n) is 4.07. The zero-order valence-corrected chi connectivity index (χ0v) is 19.0. The molecule has 1 unspecified atom stereocenters. The van der Waals surface area contributed by atoms with Gasteiger partial charge in [0.15, 0.2) is 0 Å². The van der Waals surface area contributed by atoms with Crippen LogP contribution in [0.3, 0.4) is 0 Å². The highest BCUT2D eigenvalue weighted by Crippen LogP contribution is 2.41. The first kappa shape index (κ1) is 22.4. The molecular weight excluding hydrogens is 372 g/mol. The second-order valence-electron chi connectivity index (χ2n) is 9.28. The molecule has 0 bridgehead atoms. The van der Waals surface area contributed by atoms with E-state index in [9.17, 15) is 4.79 Å². The SMILES string of the molecule is CCCCCCCCCC(=O)OC1C=C(OC(C)(C)C)c2cccc3cccc1c23. The molecule has 0 N–H and O–H groups in total. The van der Waals surface area contributed by atoms with Gasteiger partial charge in [0.2, 0.25) is 0 Å². The van der Waals surface area contributed by atoms with Crippen LogP contribution in [0.15, 0.2) is 42.5 Å². The second-order valence-corrected chi connectivity index (χ2v) is 9.28. The van der Waals surface area contributed by atoms with Crippen molar-refractivity contribution in [3.63, 3.8) is 0 Å². The lowest BCUT2D eigenvalue weighted by atomic mass is 9.90. The van der Waals surface area contributed by atoms with Crippen molar-refractivity contribution >= 4 is 22.5 Å². The van der Waals surface area contributed by atoms with Gasteiger partial charge in [-0.2, -0.15) is 0 Å². The summed E-state index contributed by atoms with van der Waals surface area (Å²) in [5.41, 5.74) is 1.78. The second kappa shape index (κ2) is 10.1. The van der Waals surface area contributed by atoms with Crippen molar-refractivity contribution in [1.29, 1.82) is 0 Å². The average molecular weight is 409 g/mol. The van der Waals surface area contributed by atoms with Crippen LogP contribution in [0.4, 0.5) is 0 Å². The number of ether oxygens (including phenoxy) is 2. The Labute approximate surface area is 181 Å². The molecule has 1 aliphatic rings. The van der Waals surface area contributed by atoms with E-state index in [1.54, 1.807) is 0 Å². The molecule has 0 heterocycles. The number of carbonyl (C=O) groups excluding carboxylic acids is 1. The smallest absolute Gasteiger partial charge is 0.306 e. The van der Waals surface area contributed by atoms with Crippen LogP contribution in [0.25, 0.3) is 16.5 Å². The Balaban J connectivity index is 1.70. The van der Waals surface area contributed by atoms with E-state index in [1.807, 2.05) is 39.0 Å². The molecule has 0 fully saturated rings. The zero-order chi connectivity index (χ0) is 21.6. The van der Waals surface area contributed by atoms with Crippen molar-refractivity contribution in [3.05, 3.63) is 53.6 Å². The minimum atomic E-state index is -0.405. The Hall–Kier alpha value is -2.29. The molecule has 2 aromatic rings. The lowest BCUT2D eigenvalue weighted by Gasteiger charge is -2.29. The molecule has 3 nitrogen and oxygen atoms in total. The number of hydrogen-bond donors (Lipinski definition) is 0. The molecule has 0 aliphatic heterocycles. The Kier molecular flexibility index (Phi) is 7.58. The molecule has 0 amide bonds. The lowest BCUT2D eigenvalue weighted by Crippen LogP contribution is -2.21. The third kappa shape index (κ3) is 5.87. The third-order valence-electron chi connectivity index (χ3n) is 5.47. The number of benzene rings is 2. The Morgan fingerprint density at radius 3 is 2.30 bits per heavy atom. The van der Waals surface area contributed by atoms with E-state index in [4.69, 9.17) is 9.47 Å². The molecule has 1 atom stereocenters. The van der Waals surface area contributed by atoms with E-state index in [1.165, 1.54) is 32.1 Å². The molecule has 2 aromatic carbocycles. The highest BCUT2D eigenvalue weighted by molar-refractivity contribution is 5.97. The zero-order valence-electron chi connectivity index (χ0n) is 19.0. The van der Waals surface area contributed by atoms with Gasteiger partial charge >= 0.3 is 5.97 Å². The Morgan fingerprint density at radius 1 is 0.933 bits per heavy atom. The van der Waals surface area contributed by atoms with Gasteiger partial charge in [-0.1, -0.05) is 81.8 Å². The summed E-state index contributed by atoms with van der Waals surface area (Å²) in [5.74, 6) is 0.664. The summed E-state index contributed by atoms with van der Waals surface area (Å²) in [6.07, 6.45) is 10.4. The maximum absolute atomic E-state index is 12.6. The van der Waals surface area contributed by atoms with Crippen molar-refractivity contribution in [1.82, 2.24) is 0 Å². The topological polar surface area (TPSA) is 35.5 Å². The van der Waals surface area contributed by atoms with Crippen LogP contribution >= 0.6 is 0 Å². The molecule has 0 saturated heterocycles. The van der Waals surface area contributed by atoms with Gasteiger partial charge in [0.05, 0.1) is 0 Å². The van der Waals surface area contributed by atoms with Gasteiger partial charge in [-0.05, 0) is 38.0 Å². The summed E-state index contributed by atoms with van der Waals surface area (Å²) in [4.78, 5) is 12.6. The fourth-order valence-corrected chi connectivity index (χ4v) is 4.07. The van der Waals surface area contributed by atoms with E-state index in [-0.39, 0.29) is 11.6 Å². The molecule has 0 radical (unpaired) electrons. The number of rotatable bonds is 10. The molecular formula is C27H36O3. The van der Waals surface area contributed by atoms with E-state index < -0.39 is 6.10 Å². The Bertz CT molecular complexity index is 883. The van der Waals surface area contributed by atoms with Gasteiger partial charge in [0.1, 0.15) is 17.5 Å². The van der Waals surface area contributed by atoms with Crippen LogP contribution in [-0.4, -0.2) is 11.6 Å². The molecule has 3 rings (SSSR count). The predicted octanol–water partition coefficient (Wildman–Crippen LogP) is 7.73. The number of carbonyl (C=O) groups is 1. The summed E-state index contributed by atoms with van der Waals surface area (Å²) < 4.78 is 12.2. The van der Waals surface area contributed by atoms with Crippen molar-refractivity contribution in [2.45, 2.75) is 90.8 Å². The summed E-state index contributed by atoms with van der Waals surface area (Å²) >= 11 is 0. The van der Waals surface area contributed by atoms with Gasteiger partial charge in [0, 0.05) is 23.6 Å². The van der Waals surface area contributed by atoms with Crippen molar-refractivity contribution in [3.8, 4) is 0 Å². The lowest BCUT2D eigenvalue weighted by molar-refractivity contribution is -0.147. The average Bonchev–Trinajstić information content (AvgIpc) is 2.69. The fraction of sp³-hybridized carbons (Fsp3) is 0.519. The number of hydrogen-bond acceptors (Lipinski definition) is 3. The minimum Gasteiger partial charge on any atom is -0.488 e. The van der Waals surface area contributed by atoms with E-state index in [2.05, 4.69) is 31.2 Å². The van der Waals surface area contributed by atoms with Crippen LogP contribution in [0.1, 0.15) is 96.3 Å². The normalized spacial score (nSPS) is 15.7. The van der Waals surface area contributed by atoms with Crippen LogP contribution in [-0.2, 0) is 14.3 Å². The molecule has 0 spiro atoms. The van der Waals surface area contributed by atoms with Crippen LogP contribution in [0.2, 0.25) is 0 Å². The molecule has 3 heteroatoms. The van der Waals surface area contributed by atoms with Gasteiger partial charge in [-0.15, -0.1) is 0 Å². The highest BCUT2D eigenvalue weighted by Gasteiger charge is 2.27. The van der Waals surface area contributed by atoms with E-state index >= 15 is 0 Å². The first-order valence-corrected chi connectivity index (χ1v) is 11.5. The van der Waals surface area contributed by atoms with Gasteiger partial charge in [-0.3, -0.25) is 4.79 Å². The Morgan fingerprint density at radius 2 is 1.60 bits per heavy atom. The van der Waals surface area contributed by atoms with Crippen molar-refractivity contribution < 1.29 is 14.3 Å². The van der Waals surface area contributed by atoms with Gasteiger partial charge in [0.25, 0.3) is 0 Å². The molecule has 1 aliphatic carbocycles. The van der Waals surface area contributed by atoms with Crippen LogP contribution in [0, 0.1) is 0 Å². The predicted molar refractivity (Wildman–Crippen MR) is 124 cm³/mol. The molecule has 30 heavy (non-hydrogen) atoms. The standard InChI is InChI=1S/C27H36O3/c1-5-6-7-8-9-10-11-18-25(28)29-23-19-24(30-27(2,3)4)22-17-13-15-20-14-12-16-21(23)26(20)22/h12-17,19,23H,5-11,18H2,1-4H3. The molecule has 162 valence electrons. The van der Waals surface area contributed by atoms with E-state index in [0.717, 1.165) is 40.5 Å². The summed E-state index contributed by atoms with van der Waals surface area (Å²) in [6, 6.07) is 12.4. The minimum absolute atomic E-state index is 0.128. The van der Waals surface area contributed by atoms with Gasteiger partial charge in [-0.25, -0.2) is 0 Å². The highest BCUT2D eigenvalue weighted by atomic mass is 16.5. The summed E-state index contributed by atoms with van der Waals surface area (Å²) in [6.45, 7) is 8.34. The maximum atomic E-state index is 12.6. The maximum Gasteiger partial charge on any atom is 0.306 e. The first-order chi connectivity index (χ1) is 14.4. The largest absolute Gasteiger partial charge is 0.488 e. The van der Waals surface area contributed by atoms with Crippen LogP contribution in [0.5, 0.6) is 0 Å². The third-order valence-corrected chi connectivity index (χ3v) is 5.47. The molecule has 0 saturated carbocycles. The van der Waals surface area contributed by atoms with Crippen molar-refractivity contribution in [2.75, 3.05) is 0 Å². The quantitative estimate of drug-likeness (QED) is 0.298. The first-order valence-electron chi connectivity index (χ1n) is 11.5.